The molecule has 1 aromatic rings. The molecule has 0 bridgehead atoms. The van der Waals surface area contributed by atoms with Gasteiger partial charge in [0.1, 0.15) is 0 Å². The minimum absolute atomic E-state index is 0.286. The van der Waals surface area contributed by atoms with Crippen LogP contribution in [0.4, 0.5) is 0 Å². The highest BCUT2D eigenvalue weighted by atomic mass is 79.9. The summed E-state index contributed by atoms with van der Waals surface area (Å²) in [4.78, 5) is 11.4. The summed E-state index contributed by atoms with van der Waals surface area (Å²) in [6, 6.07) is 6.41. The third kappa shape index (κ3) is 5.29. The highest BCUT2D eigenvalue weighted by Gasteiger charge is 2.17. The van der Waals surface area contributed by atoms with E-state index in [0.29, 0.717) is 0 Å². The van der Waals surface area contributed by atoms with Gasteiger partial charge >= 0.3 is 0 Å². The molecule has 0 spiro atoms. The average Bonchev–Trinajstić information content (AvgIpc) is 2.19. The van der Waals surface area contributed by atoms with E-state index in [1.54, 1.807) is 0 Å². The molecule has 0 aliphatic carbocycles. The number of nitrogens with one attached hydrogen (secondary N) is 1. The Morgan fingerprint density at radius 3 is 2.41 bits per heavy atom. The van der Waals surface area contributed by atoms with Gasteiger partial charge in [-0.15, -0.1) is 0 Å². The van der Waals surface area contributed by atoms with Crippen LogP contribution in [-0.2, 0) is 21.2 Å². The molecule has 1 rings (SSSR count). The number of nitrogens with two attached hydrogens (primary N) is 1. The Hall–Kier alpha value is -0.920. The molecule has 0 fully saturated rings. The number of hydrogen-bond donors (Lipinski definition) is 2. The summed E-state index contributed by atoms with van der Waals surface area (Å²) >= 11 is 3.29. The molecular formula is C10H13BrN2O3S. The van der Waals surface area contributed by atoms with Crippen LogP contribution in [-0.4, -0.2) is 26.6 Å². The van der Waals surface area contributed by atoms with Crippen LogP contribution in [0.2, 0.25) is 0 Å². The first kappa shape index (κ1) is 14.1. The summed E-state index contributed by atoms with van der Waals surface area (Å²) in [5.41, 5.74) is 6.47. The molecule has 1 atom stereocenters. The molecule has 94 valence electrons. The van der Waals surface area contributed by atoms with Gasteiger partial charge in [0.25, 0.3) is 5.91 Å². The Kier molecular flexibility index (Phi) is 4.67. The fraction of sp³-hybridized carbons (Fsp3) is 0.300. The van der Waals surface area contributed by atoms with E-state index in [9.17, 15) is 13.2 Å². The lowest BCUT2D eigenvalue weighted by atomic mass is 10.1. The van der Waals surface area contributed by atoms with Crippen LogP contribution < -0.4 is 10.5 Å². The first-order valence-corrected chi connectivity index (χ1v) is 7.48. The fourth-order valence-corrected chi connectivity index (χ4v) is 2.01. The van der Waals surface area contributed by atoms with Crippen LogP contribution in [0.25, 0.3) is 0 Å². The Morgan fingerprint density at radius 2 is 1.94 bits per heavy atom. The highest BCUT2D eigenvalue weighted by Crippen LogP contribution is 2.11. The number of amides is 1. The SMILES string of the molecule is CS(=O)(=O)NC(=O)[C@@H](N)Cc1ccc(Br)cc1. The molecule has 0 saturated heterocycles. The largest absolute Gasteiger partial charge is 0.320 e. The molecule has 0 saturated carbocycles. The van der Waals surface area contributed by atoms with Crippen LogP contribution in [0.1, 0.15) is 5.56 Å². The maximum atomic E-state index is 11.4. The van der Waals surface area contributed by atoms with Crippen molar-refractivity contribution in [2.45, 2.75) is 12.5 Å². The standard InChI is InChI=1S/C10H13BrN2O3S/c1-17(15,16)13-10(14)9(12)6-7-2-4-8(11)5-3-7/h2-5,9H,6,12H2,1H3,(H,13,14)/t9-/m0/s1. The van der Waals surface area contributed by atoms with E-state index >= 15 is 0 Å². The van der Waals surface area contributed by atoms with Crippen LogP contribution in [0.5, 0.6) is 0 Å². The van der Waals surface area contributed by atoms with Gasteiger partial charge in [-0.05, 0) is 24.1 Å². The quantitative estimate of drug-likeness (QED) is 0.840. The van der Waals surface area contributed by atoms with E-state index in [-0.39, 0.29) is 6.42 Å². The summed E-state index contributed by atoms with van der Waals surface area (Å²) < 4.78 is 24.5. The summed E-state index contributed by atoms with van der Waals surface area (Å²) in [7, 11) is -3.55. The van der Waals surface area contributed by atoms with Gasteiger partial charge in [0.15, 0.2) is 0 Å². The molecular weight excluding hydrogens is 308 g/mol. The number of halogens is 1. The number of carbonyl (C=O) groups is 1. The first-order chi connectivity index (χ1) is 7.78. The van der Waals surface area contributed by atoms with Crippen LogP contribution in [0.3, 0.4) is 0 Å². The summed E-state index contributed by atoms with van der Waals surface area (Å²) in [5.74, 6) is -0.699. The topological polar surface area (TPSA) is 89.3 Å². The maximum Gasteiger partial charge on any atom is 0.250 e. The molecule has 5 nitrogen and oxygen atoms in total. The second-order valence-corrected chi connectivity index (χ2v) is 6.34. The molecule has 0 heterocycles. The van der Waals surface area contributed by atoms with Crippen molar-refractivity contribution in [2.75, 3.05) is 6.26 Å². The van der Waals surface area contributed by atoms with Crippen LogP contribution in [0, 0.1) is 0 Å². The molecule has 0 aliphatic heterocycles. The maximum absolute atomic E-state index is 11.4. The van der Waals surface area contributed by atoms with Gasteiger partial charge in [0.2, 0.25) is 10.0 Å². The molecule has 0 aliphatic rings. The van der Waals surface area contributed by atoms with Gasteiger partial charge < -0.3 is 5.73 Å². The van der Waals surface area contributed by atoms with Crippen molar-refractivity contribution in [3.63, 3.8) is 0 Å². The van der Waals surface area contributed by atoms with Crippen LogP contribution >= 0.6 is 15.9 Å². The number of rotatable bonds is 4. The predicted molar refractivity (Wildman–Crippen MR) is 68.8 cm³/mol. The Morgan fingerprint density at radius 1 is 1.41 bits per heavy atom. The third-order valence-corrected chi connectivity index (χ3v) is 3.09. The Balaban J connectivity index is 2.63. The number of sulfonamides is 1. The first-order valence-electron chi connectivity index (χ1n) is 4.79. The lowest BCUT2D eigenvalue weighted by Crippen LogP contribution is -2.44. The van der Waals surface area contributed by atoms with Crippen LogP contribution in [0.15, 0.2) is 28.7 Å². The van der Waals surface area contributed by atoms with E-state index < -0.39 is 22.0 Å². The second kappa shape index (κ2) is 5.61. The number of hydrogen-bond acceptors (Lipinski definition) is 4. The van der Waals surface area contributed by atoms with Crippen molar-refractivity contribution in [1.82, 2.24) is 4.72 Å². The smallest absolute Gasteiger partial charge is 0.250 e. The Bertz CT molecular complexity index is 499. The molecule has 0 unspecified atom stereocenters. The number of carbonyl (C=O) groups excluding carboxylic acids is 1. The molecule has 1 amide bonds. The molecule has 3 N–H and O–H groups in total. The van der Waals surface area contributed by atoms with Crippen molar-refractivity contribution >= 4 is 31.9 Å². The number of benzene rings is 1. The minimum atomic E-state index is -3.55. The normalized spacial score (nSPS) is 13.1. The third-order valence-electron chi connectivity index (χ3n) is 1.99. The van der Waals surface area contributed by atoms with Crippen molar-refractivity contribution in [3.8, 4) is 0 Å². The zero-order chi connectivity index (χ0) is 13.1. The van der Waals surface area contributed by atoms with E-state index in [1.807, 2.05) is 29.0 Å². The Labute approximate surface area is 109 Å². The molecule has 17 heavy (non-hydrogen) atoms. The zero-order valence-electron chi connectivity index (χ0n) is 9.18. The zero-order valence-corrected chi connectivity index (χ0v) is 11.6. The summed E-state index contributed by atoms with van der Waals surface area (Å²) in [6.45, 7) is 0. The van der Waals surface area contributed by atoms with Crippen molar-refractivity contribution in [2.24, 2.45) is 5.73 Å². The van der Waals surface area contributed by atoms with E-state index in [2.05, 4.69) is 15.9 Å². The summed E-state index contributed by atoms with van der Waals surface area (Å²) in [6.07, 6.45) is 1.20. The lowest BCUT2D eigenvalue weighted by molar-refractivity contribution is -0.120. The minimum Gasteiger partial charge on any atom is -0.320 e. The van der Waals surface area contributed by atoms with Crippen molar-refractivity contribution in [3.05, 3.63) is 34.3 Å². The molecule has 0 radical (unpaired) electrons. The predicted octanol–water partition coefficient (Wildman–Crippen LogP) is 0.395. The lowest BCUT2D eigenvalue weighted by Gasteiger charge is -2.11. The monoisotopic (exact) mass is 320 g/mol. The summed E-state index contributed by atoms with van der Waals surface area (Å²) in [5, 5.41) is 0. The van der Waals surface area contributed by atoms with E-state index in [0.717, 1.165) is 16.3 Å². The fourth-order valence-electron chi connectivity index (χ4n) is 1.23. The highest BCUT2D eigenvalue weighted by molar-refractivity contribution is 9.10. The second-order valence-electron chi connectivity index (χ2n) is 3.68. The van der Waals surface area contributed by atoms with Gasteiger partial charge in [-0.1, -0.05) is 28.1 Å². The van der Waals surface area contributed by atoms with Gasteiger partial charge in [-0.2, -0.15) is 0 Å². The van der Waals surface area contributed by atoms with Gasteiger partial charge in [0.05, 0.1) is 12.3 Å². The molecule has 7 heteroatoms. The van der Waals surface area contributed by atoms with Crippen molar-refractivity contribution in [1.29, 1.82) is 0 Å². The van der Waals surface area contributed by atoms with Crippen molar-refractivity contribution < 1.29 is 13.2 Å². The average molecular weight is 321 g/mol. The van der Waals surface area contributed by atoms with Gasteiger partial charge in [0, 0.05) is 4.47 Å². The molecule has 0 aromatic heterocycles. The molecule has 1 aromatic carbocycles. The van der Waals surface area contributed by atoms with Gasteiger partial charge in [-0.3, -0.25) is 9.52 Å². The van der Waals surface area contributed by atoms with Gasteiger partial charge in [-0.25, -0.2) is 8.42 Å². The van der Waals surface area contributed by atoms with E-state index in [4.69, 9.17) is 5.73 Å². The van der Waals surface area contributed by atoms with E-state index in [1.165, 1.54) is 0 Å².